The van der Waals surface area contributed by atoms with E-state index in [4.69, 9.17) is 4.42 Å². The second-order valence-corrected chi connectivity index (χ2v) is 6.60. The van der Waals surface area contributed by atoms with Gasteiger partial charge in [0.2, 0.25) is 0 Å². The molecule has 0 bridgehead atoms. The van der Waals surface area contributed by atoms with Gasteiger partial charge in [-0.25, -0.2) is 0 Å². The van der Waals surface area contributed by atoms with Gasteiger partial charge in [0.25, 0.3) is 5.91 Å². The van der Waals surface area contributed by atoms with Crippen LogP contribution in [-0.2, 0) is 0 Å². The summed E-state index contributed by atoms with van der Waals surface area (Å²) in [5, 5.41) is 0. The molecule has 0 N–H and O–H groups in total. The van der Waals surface area contributed by atoms with E-state index >= 15 is 0 Å². The number of rotatable bonds is 3. The molecule has 19 heavy (non-hydrogen) atoms. The average Bonchev–Trinajstić information content (AvgIpc) is 2.89. The Bertz CT molecular complexity index is 472. The molecule has 4 heteroatoms. The third kappa shape index (κ3) is 2.08. The highest BCUT2D eigenvalue weighted by Gasteiger charge is 2.49. The summed E-state index contributed by atoms with van der Waals surface area (Å²) in [6, 6.07) is 1.76. The molecule has 3 fully saturated rings. The van der Waals surface area contributed by atoms with E-state index in [0.29, 0.717) is 11.0 Å². The maximum absolute atomic E-state index is 12.3. The SMILES string of the molecule is O=C(c1ccoc1)N1CCC2(CN(CC3CC3)C2)C1. The van der Waals surface area contributed by atoms with Gasteiger partial charge in [0.1, 0.15) is 6.26 Å². The van der Waals surface area contributed by atoms with Gasteiger partial charge in [-0.2, -0.15) is 0 Å². The largest absolute Gasteiger partial charge is 0.472 e. The lowest BCUT2D eigenvalue weighted by atomic mass is 9.79. The minimum absolute atomic E-state index is 0.131. The molecule has 3 aliphatic rings. The maximum atomic E-state index is 12.3. The molecule has 1 amide bonds. The van der Waals surface area contributed by atoms with Gasteiger partial charge in [-0.05, 0) is 31.2 Å². The summed E-state index contributed by atoms with van der Waals surface area (Å²) in [6.45, 7) is 5.51. The Hall–Kier alpha value is -1.29. The van der Waals surface area contributed by atoms with Crippen molar-refractivity contribution in [3.63, 3.8) is 0 Å². The Morgan fingerprint density at radius 3 is 2.89 bits per heavy atom. The molecule has 2 aliphatic heterocycles. The van der Waals surface area contributed by atoms with E-state index in [1.165, 1.54) is 32.5 Å². The van der Waals surface area contributed by atoms with Gasteiger partial charge in [0, 0.05) is 38.1 Å². The molecule has 1 aliphatic carbocycles. The average molecular weight is 260 g/mol. The molecule has 1 saturated carbocycles. The molecule has 0 radical (unpaired) electrons. The lowest BCUT2D eigenvalue weighted by molar-refractivity contribution is 0.00564. The number of hydrogen-bond donors (Lipinski definition) is 0. The molecule has 2 saturated heterocycles. The Morgan fingerprint density at radius 2 is 2.21 bits per heavy atom. The first kappa shape index (κ1) is 11.5. The predicted octanol–water partition coefficient (Wildman–Crippen LogP) is 1.84. The predicted molar refractivity (Wildman–Crippen MR) is 70.8 cm³/mol. The number of nitrogens with zero attached hydrogens (tertiary/aromatic N) is 2. The van der Waals surface area contributed by atoms with Gasteiger partial charge in [0.05, 0.1) is 11.8 Å². The van der Waals surface area contributed by atoms with Crippen molar-refractivity contribution in [3.05, 3.63) is 24.2 Å². The van der Waals surface area contributed by atoms with E-state index in [9.17, 15) is 4.79 Å². The minimum atomic E-state index is 0.131. The maximum Gasteiger partial charge on any atom is 0.257 e. The molecule has 3 heterocycles. The molecular formula is C15H20N2O2. The van der Waals surface area contributed by atoms with E-state index in [1.54, 1.807) is 18.6 Å². The third-order valence-electron chi connectivity index (χ3n) is 4.83. The minimum Gasteiger partial charge on any atom is -0.472 e. The Morgan fingerprint density at radius 1 is 1.37 bits per heavy atom. The zero-order valence-electron chi connectivity index (χ0n) is 11.2. The zero-order valence-corrected chi connectivity index (χ0v) is 11.2. The molecule has 1 aromatic rings. The van der Waals surface area contributed by atoms with Crippen molar-refractivity contribution in [2.24, 2.45) is 11.3 Å². The first-order valence-corrected chi connectivity index (χ1v) is 7.28. The zero-order chi connectivity index (χ0) is 12.9. The van der Waals surface area contributed by atoms with E-state index < -0.39 is 0 Å². The number of furan rings is 1. The second kappa shape index (κ2) is 4.10. The summed E-state index contributed by atoms with van der Waals surface area (Å²) in [4.78, 5) is 16.8. The highest BCUT2D eigenvalue weighted by atomic mass is 16.3. The first-order chi connectivity index (χ1) is 9.24. The van der Waals surface area contributed by atoms with Gasteiger partial charge in [-0.3, -0.25) is 4.79 Å². The van der Waals surface area contributed by atoms with Crippen LogP contribution >= 0.6 is 0 Å². The van der Waals surface area contributed by atoms with Crippen LogP contribution in [0.3, 0.4) is 0 Å². The standard InChI is InChI=1S/C15H20N2O2/c18-14(13-3-6-19-8-13)17-5-4-15(11-17)9-16(10-15)7-12-1-2-12/h3,6,8,12H,1-2,4-5,7,9-11H2. The first-order valence-electron chi connectivity index (χ1n) is 7.28. The van der Waals surface area contributed by atoms with Crippen LogP contribution in [0.4, 0.5) is 0 Å². The molecule has 4 rings (SSSR count). The molecule has 0 atom stereocenters. The number of amides is 1. The van der Waals surface area contributed by atoms with Gasteiger partial charge >= 0.3 is 0 Å². The summed E-state index contributed by atoms with van der Waals surface area (Å²) < 4.78 is 5.00. The number of carbonyl (C=O) groups excluding carboxylic acids is 1. The van der Waals surface area contributed by atoms with Crippen molar-refractivity contribution in [2.75, 3.05) is 32.7 Å². The lowest BCUT2D eigenvalue weighted by Crippen LogP contribution is -2.58. The van der Waals surface area contributed by atoms with Crippen LogP contribution in [0.5, 0.6) is 0 Å². The summed E-state index contributed by atoms with van der Waals surface area (Å²) in [5.41, 5.74) is 1.08. The van der Waals surface area contributed by atoms with Gasteiger partial charge in [0.15, 0.2) is 0 Å². The molecule has 102 valence electrons. The Kier molecular flexibility index (Phi) is 2.49. The van der Waals surface area contributed by atoms with Crippen molar-refractivity contribution in [2.45, 2.75) is 19.3 Å². The van der Waals surface area contributed by atoms with Crippen LogP contribution < -0.4 is 0 Å². The summed E-state index contributed by atoms with van der Waals surface area (Å²) in [5.74, 6) is 1.11. The van der Waals surface area contributed by atoms with Gasteiger partial charge in [-0.15, -0.1) is 0 Å². The van der Waals surface area contributed by atoms with E-state index in [1.807, 2.05) is 4.90 Å². The fourth-order valence-corrected chi connectivity index (χ4v) is 3.63. The van der Waals surface area contributed by atoms with Crippen molar-refractivity contribution < 1.29 is 9.21 Å². The molecule has 1 aromatic heterocycles. The van der Waals surface area contributed by atoms with Crippen LogP contribution in [0, 0.1) is 11.3 Å². The van der Waals surface area contributed by atoms with E-state index in [2.05, 4.69) is 4.90 Å². The normalized spacial score (nSPS) is 25.8. The molecule has 0 aromatic carbocycles. The van der Waals surface area contributed by atoms with Crippen LogP contribution in [0.15, 0.2) is 23.0 Å². The number of likely N-dealkylation sites (tertiary alicyclic amines) is 2. The topological polar surface area (TPSA) is 36.7 Å². The third-order valence-corrected chi connectivity index (χ3v) is 4.83. The molecular weight excluding hydrogens is 240 g/mol. The van der Waals surface area contributed by atoms with Gasteiger partial charge < -0.3 is 14.2 Å². The fraction of sp³-hybridized carbons (Fsp3) is 0.667. The van der Waals surface area contributed by atoms with E-state index in [-0.39, 0.29) is 5.91 Å². The van der Waals surface area contributed by atoms with Crippen LogP contribution in [0.1, 0.15) is 29.6 Å². The Labute approximate surface area is 113 Å². The van der Waals surface area contributed by atoms with Crippen LogP contribution in [0.2, 0.25) is 0 Å². The summed E-state index contributed by atoms with van der Waals surface area (Å²) in [6.07, 6.45) is 7.13. The number of hydrogen-bond acceptors (Lipinski definition) is 3. The lowest BCUT2D eigenvalue weighted by Gasteiger charge is -2.48. The molecule has 1 spiro atoms. The van der Waals surface area contributed by atoms with Crippen molar-refractivity contribution in [3.8, 4) is 0 Å². The Balaban J connectivity index is 1.34. The van der Waals surface area contributed by atoms with Crippen LogP contribution in [0.25, 0.3) is 0 Å². The summed E-state index contributed by atoms with van der Waals surface area (Å²) >= 11 is 0. The molecule has 0 unspecified atom stereocenters. The van der Waals surface area contributed by atoms with Crippen LogP contribution in [-0.4, -0.2) is 48.4 Å². The van der Waals surface area contributed by atoms with Gasteiger partial charge in [-0.1, -0.05) is 0 Å². The van der Waals surface area contributed by atoms with Crippen molar-refractivity contribution >= 4 is 5.91 Å². The highest BCUT2D eigenvalue weighted by molar-refractivity contribution is 5.94. The number of carbonyl (C=O) groups is 1. The van der Waals surface area contributed by atoms with E-state index in [0.717, 1.165) is 25.4 Å². The summed E-state index contributed by atoms with van der Waals surface area (Å²) in [7, 11) is 0. The smallest absolute Gasteiger partial charge is 0.257 e. The fourth-order valence-electron chi connectivity index (χ4n) is 3.63. The van der Waals surface area contributed by atoms with Crippen molar-refractivity contribution in [1.29, 1.82) is 0 Å². The molecule has 4 nitrogen and oxygen atoms in total. The quantitative estimate of drug-likeness (QED) is 0.832. The monoisotopic (exact) mass is 260 g/mol. The highest BCUT2D eigenvalue weighted by Crippen LogP contribution is 2.42. The van der Waals surface area contributed by atoms with Crippen molar-refractivity contribution in [1.82, 2.24) is 9.80 Å². The second-order valence-electron chi connectivity index (χ2n) is 6.60.